The molecule has 1 aliphatic heterocycles. The maximum absolute atomic E-state index is 11.8. The van der Waals surface area contributed by atoms with Crippen molar-refractivity contribution < 1.29 is 15.3 Å². The van der Waals surface area contributed by atoms with Crippen LogP contribution in [-0.2, 0) is 19.7 Å². The number of aromatic nitrogens is 1. The Morgan fingerprint density at radius 1 is 1.33 bits per heavy atom. The van der Waals surface area contributed by atoms with Crippen LogP contribution in [0.2, 0.25) is 0 Å². The van der Waals surface area contributed by atoms with Gasteiger partial charge in [0.2, 0.25) is 5.43 Å². The zero-order valence-electron chi connectivity index (χ0n) is 12.5. The molecule has 1 saturated heterocycles. The van der Waals surface area contributed by atoms with Crippen LogP contribution in [0.3, 0.4) is 0 Å². The van der Waals surface area contributed by atoms with Crippen LogP contribution in [-0.4, -0.2) is 44.0 Å². The molecule has 0 aliphatic carbocycles. The standard InChI is InChI=1S/C15H24N2O4/c1-11-4-2-3-5-16(11)9-13-15(21)14(20)8-12(10-19)17(13)6-7-18/h8,11,18-19,21H,2-7,9-10H2,1H3. The smallest absolute Gasteiger partial charge is 0.223 e. The van der Waals surface area contributed by atoms with Gasteiger partial charge in [-0.3, -0.25) is 9.69 Å². The lowest BCUT2D eigenvalue weighted by Crippen LogP contribution is -2.38. The van der Waals surface area contributed by atoms with Crippen molar-refractivity contribution in [2.75, 3.05) is 13.2 Å². The molecular weight excluding hydrogens is 272 g/mol. The third-order valence-electron chi connectivity index (χ3n) is 4.26. The fraction of sp³-hybridized carbons (Fsp3) is 0.667. The molecule has 0 amide bonds. The number of hydrogen-bond acceptors (Lipinski definition) is 5. The second kappa shape index (κ2) is 7.06. The lowest BCUT2D eigenvalue weighted by molar-refractivity contribution is 0.144. The third-order valence-corrected chi connectivity index (χ3v) is 4.26. The van der Waals surface area contributed by atoms with Gasteiger partial charge in [-0.05, 0) is 26.3 Å². The van der Waals surface area contributed by atoms with E-state index in [1.54, 1.807) is 4.57 Å². The van der Waals surface area contributed by atoms with Crippen molar-refractivity contribution >= 4 is 0 Å². The van der Waals surface area contributed by atoms with Crippen molar-refractivity contribution in [3.63, 3.8) is 0 Å². The highest BCUT2D eigenvalue weighted by atomic mass is 16.3. The number of aromatic hydroxyl groups is 1. The summed E-state index contributed by atoms with van der Waals surface area (Å²) in [7, 11) is 0. The Bertz CT molecular complexity index is 541. The summed E-state index contributed by atoms with van der Waals surface area (Å²) in [5.41, 5.74) is 0.425. The van der Waals surface area contributed by atoms with Gasteiger partial charge in [0.1, 0.15) is 0 Å². The molecule has 21 heavy (non-hydrogen) atoms. The molecule has 6 nitrogen and oxygen atoms in total. The number of hydrogen-bond donors (Lipinski definition) is 3. The zero-order valence-corrected chi connectivity index (χ0v) is 12.5. The van der Waals surface area contributed by atoms with Gasteiger partial charge in [0, 0.05) is 30.9 Å². The monoisotopic (exact) mass is 296 g/mol. The molecule has 1 atom stereocenters. The molecule has 118 valence electrons. The highest BCUT2D eigenvalue weighted by Gasteiger charge is 2.22. The van der Waals surface area contributed by atoms with Crippen molar-refractivity contribution in [3.05, 3.63) is 27.7 Å². The fourth-order valence-electron chi connectivity index (χ4n) is 3.00. The summed E-state index contributed by atoms with van der Waals surface area (Å²) in [5, 5.41) is 28.7. The Hall–Kier alpha value is -1.37. The van der Waals surface area contributed by atoms with Crippen LogP contribution in [0.15, 0.2) is 10.9 Å². The van der Waals surface area contributed by atoms with Gasteiger partial charge >= 0.3 is 0 Å². The molecule has 6 heteroatoms. The van der Waals surface area contributed by atoms with Gasteiger partial charge in [-0.2, -0.15) is 0 Å². The van der Waals surface area contributed by atoms with E-state index in [-0.39, 0.29) is 25.5 Å². The molecule has 1 fully saturated rings. The summed E-state index contributed by atoms with van der Waals surface area (Å²) >= 11 is 0. The minimum atomic E-state index is -0.479. The molecule has 0 saturated carbocycles. The number of likely N-dealkylation sites (tertiary alicyclic amines) is 1. The maximum Gasteiger partial charge on any atom is 0.223 e. The predicted molar refractivity (Wildman–Crippen MR) is 79.1 cm³/mol. The average molecular weight is 296 g/mol. The van der Waals surface area contributed by atoms with E-state index in [2.05, 4.69) is 11.8 Å². The van der Waals surface area contributed by atoms with Gasteiger partial charge in [-0.1, -0.05) is 6.42 Å². The molecule has 3 N–H and O–H groups in total. The first-order valence-corrected chi connectivity index (χ1v) is 7.48. The second-order valence-electron chi connectivity index (χ2n) is 5.64. The fourth-order valence-corrected chi connectivity index (χ4v) is 3.00. The topological polar surface area (TPSA) is 85.9 Å². The van der Waals surface area contributed by atoms with Gasteiger partial charge in [0.15, 0.2) is 5.75 Å². The van der Waals surface area contributed by atoms with E-state index in [1.165, 1.54) is 12.5 Å². The van der Waals surface area contributed by atoms with Gasteiger partial charge < -0.3 is 19.9 Å². The molecule has 2 heterocycles. The molecule has 1 aromatic rings. The quantitative estimate of drug-likeness (QED) is 0.733. The summed E-state index contributed by atoms with van der Waals surface area (Å²) < 4.78 is 1.65. The van der Waals surface area contributed by atoms with Gasteiger partial charge in [-0.15, -0.1) is 0 Å². The number of nitrogens with zero attached hydrogens (tertiary/aromatic N) is 2. The van der Waals surface area contributed by atoms with Crippen LogP contribution in [0.1, 0.15) is 37.6 Å². The molecular formula is C15H24N2O4. The van der Waals surface area contributed by atoms with Crippen molar-refractivity contribution in [1.82, 2.24) is 9.47 Å². The lowest BCUT2D eigenvalue weighted by Gasteiger charge is -2.34. The van der Waals surface area contributed by atoms with E-state index >= 15 is 0 Å². The number of rotatable bonds is 5. The molecule has 1 unspecified atom stereocenters. The first-order valence-electron chi connectivity index (χ1n) is 7.48. The van der Waals surface area contributed by atoms with Gasteiger partial charge in [0.05, 0.1) is 18.9 Å². The van der Waals surface area contributed by atoms with Crippen LogP contribution in [0.25, 0.3) is 0 Å². The zero-order chi connectivity index (χ0) is 15.4. The number of aliphatic hydroxyl groups is 2. The second-order valence-corrected chi connectivity index (χ2v) is 5.64. The van der Waals surface area contributed by atoms with E-state index in [9.17, 15) is 20.1 Å². The Morgan fingerprint density at radius 2 is 2.10 bits per heavy atom. The van der Waals surface area contributed by atoms with Crippen LogP contribution < -0.4 is 5.43 Å². The van der Waals surface area contributed by atoms with E-state index in [0.717, 1.165) is 19.4 Å². The minimum absolute atomic E-state index is 0.113. The van der Waals surface area contributed by atoms with Crippen molar-refractivity contribution in [1.29, 1.82) is 0 Å². The first-order chi connectivity index (χ1) is 10.1. The SMILES string of the molecule is CC1CCCCN1Cc1c(O)c(=O)cc(CO)n1CCO. The number of aliphatic hydroxyl groups excluding tert-OH is 2. The summed E-state index contributed by atoms with van der Waals surface area (Å²) in [4.78, 5) is 14.1. The Balaban J connectivity index is 2.39. The van der Waals surface area contributed by atoms with Gasteiger partial charge in [-0.25, -0.2) is 0 Å². The number of pyridine rings is 1. The maximum atomic E-state index is 11.8. The summed E-state index contributed by atoms with van der Waals surface area (Å²) in [5.74, 6) is -0.279. The molecule has 0 bridgehead atoms. The molecule has 0 aromatic carbocycles. The largest absolute Gasteiger partial charge is 0.503 e. The van der Waals surface area contributed by atoms with E-state index < -0.39 is 5.43 Å². The summed E-state index contributed by atoms with van der Waals surface area (Å²) in [6.45, 7) is 3.37. The van der Waals surface area contributed by atoms with Gasteiger partial charge in [0.25, 0.3) is 0 Å². The van der Waals surface area contributed by atoms with Crippen molar-refractivity contribution in [2.24, 2.45) is 0 Å². The van der Waals surface area contributed by atoms with Crippen LogP contribution >= 0.6 is 0 Å². The Labute approximate surface area is 124 Å². The molecule has 1 aromatic heterocycles. The Kier molecular flexibility index (Phi) is 5.39. The average Bonchev–Trinajstić information content (AvgIpc) is 2.48. The van der Waals surface area contributed by atoms with Crippen molar-refractivity contribution in [3.8, 4) is 5.75 Å². The van der Waals surface area contributed by atoms with E-state index in [0.29, 0.717) is 24.0 Å². The summed E-state index contributed by atoms with van der Waals surface area (Å²) in [6.07, 6.45) is 3.41. The molecule has 1 aliphatic rings. The number of piperidine rings is 1. The van der Waals surface area contributed by atoms with E-state index in [1.807, 2.05) is 0 Å². The Morgan fingerprint density at radius 3 is 2.71 bits per heavy atom. The summed E-state index contributed by atoms with van der Waals surface area (Å²) in [6, 6.07) is 1.63. The van der Waals surface area contributed by atoms with Crippen molar-refractivity contribution in [2.45, 2.75) is 51.9 Å². The van der Waals surface area contributed by atoms with Crippen LogP contribution in [0.5, 0.6) is 5.75 Å². The highest BCUT2D eigenvalue weighted by Crippen LogP contribution is 2.23. The highest BCUT2D eigenvalue weighted by molar-refractivity contribution is 5.30. The predicted octanol–water partition coefficient (Wildman–Crippen LogP) is 0.413. The van der Waals surface area contributed by atoms with E-state index in [4.69, 9.17) is 0 Å². The third kappa shape index (κ3) is 3.45. The van der Waals surface area contributed by atoms with Crippen LogP contribution in [0.4, 0.5) is 0 Å². The first kappa shape index (κ1) is 16.0. The van der Waals surface area contributed by atoms with Crippen LogP contribution in [0, 0.1) is 0 Å². The molecule has 0 radical (unpaired) electrons. The normalized spacial score (nSPS) is 19.9. The molecule has 0 spiro atoms. The lowest BCUT2D eigenvalue weighted by atomic mass is 10.0. The molecule has 2 rings (SSSR count). The minimum Gasteiger partial charge on any atom is -0.503 e.